The number of H-pyrrole nitrogens is 1. The third kappa shape index (κ3) is 3.79. The summed E-state index contributed by atoms with van der Waals surface area (Å²) in [6.07, 6.45) is 4.23. The van der Waals surface area contributed by atoms with E-state index in [-0.39, 0.29) is 18.0 Å². The number of morpholine rings is 1. The van der Waals surface area contributed by atoms with Crippen LogP contribution in [0.4, 0.5) is 5.69 Å². The SMILES string of the molecule is CCCC[C@H]1Cc2c([nH]c3ccccc23)[C@H](c2ccc(N3CCOCC3)cc2)N1C(C)=O. The molecule has 5 nitrogen and oxygen atoms in total. The number of para-hydroxylation sites is 1. The number of unbranched alkanes of at least 4 members (excludes halogenated alkanes) is 1. The monoisotopic (exact) mass is 431 g/mol. The quantitative estimate of drug-likeness (QED) is 0.614. The Labute approximate surface area is 190 Å². The number of hydrogen-bond donors (Lipinski definition) is 1. The highest BCUT2D eigenvalue weighted by Gasteiger charge is 2.38. The Bertz CT molecular complexity index is 1080. The van der Waals surface area contributed by atoms with E-state index in [1.54, 1.807) is 6.92 Å². The minimum absolute atomic E-state index is 0.0794. The van der Waals surface area contributed by atoms with Crippen LogP contribution in [0.5, 0.6) is 0 Å². The van der Waals surface area contributed by atoms with Crippen LogP contribution in [-0.2, 0) is 16.0 Å². The van der Waals surface area contributed by atoms with Gasteiger partial charge in [0.1, 0.15) is 0 Å². The summed E-state index contributed by atoms with van der Waals surface area (Å²) in [6, 6.07) is 17.5. The van der Waals surface area contributed by atoms with Gasteiger partial charge < -0.3 is 19.5 Å². The molecule has 1 N–H and O–H groups in total. The van der Waals surface area contributed by atoms with Gasteiger partial charge in [-0.05, 0) is 42.2 Å². The van der Waals surface area contributed by atoms with Crippen LogP contribution >= 0.6 is 0 Å². The van der Waals surface area contributed by atoms with Crippen molar-refractivity contribution in [1.29, 1.82) is 0 Å². The lowest BCUT2D eigenvalue weighted by molar-refractivity contribution is -0.134. The fourth-order valence-electron chi connectivity index (χ4n) is 5.49. The molecule has 0 bridgehead atoms. The Balaban J connectivity index is 1.58. The normalized spacial score (nSPS) is 21.1. The lowest BCUT2D eigenvalue weighted by atomic mass is 9.86. The molecule has 0 unspecified atom stereocenters. The fraction of sp³-hybridized carbons (Fsp3) is 0.444. The number of nitrogens with zero attached hydrogens (tertiary/aromatic N) is 2. The van der Waals surface area contributed by atoms with Gasteiger partial charge in [-0.1, -0.05) is 50.1 Å². The molecule has 32 heavy (non-hydrogen) atoms. The topological polar surface area (TPSA) is 48.6 Å². The van der Waals surface area contributed by atoms with Gasteiger partial charge in [0, 0.05) is 48.3 Å². The van der Waals surface area contributed by atoms with Crippen LogP contribution in [0.3, 0.4) is 0 Å². The summed E-state index contributed by atoms with van der Waals surface area (Å²) >= 11 is 0. The van der Waals surface area contributed by atoms with Crippen LogP contribution in [0.1, 0.15) is 56.0 Å². The molecular weight excluding hydrogens is 398 g/mol. The summed E-state index contributed by atoms with van der Waals surface area (Å²) in [5.41, 5.74) is 6.11. The second-order valence-corrected chi connectivity index (χ2v) is 9.08. The van der Waals surface area contributed by atoms with Gasteiger partial charge in [-0.15, -0.1) is 0 Å². The molecule has 1 aromatic heterocycles. The number of anilines is 1. The van der Waals surface area contributed by atoms with E-state index in [2.05, 4.69) is 70.2 Å². The molecule has 2 aliphatic rings. The highest BCUT2D eigenvalue weighted by Crippen LogP contribution is 2.42. The van der Waals surface area contributed by atoms with Gasteiger partial charge in [-0.3, -0.25) is 4.79 Å². The van der Waals surface area contributed by atoms with Crippen LogP contribution in [0, 0.1) is 0 Å². The van der Waals surface area contributed by atoms with Crippen LogP contribution in [0.2, 0.25) is 0 Å². The van der Waals surface area contributed by atoms with Crippen LogP contribution in [0.25, 0.3) is 10.9 Å². The molecule has 2 aromatic carbocycles. The number of rotatable bonds is 5. The molecule has 0 saturated carbocycles. The van der Waals surface area contributed by atoms with E-state index in [1.807, 2.05) is 0 Å². The Hall–Kier alpha value is -2.79. The van der Waals surface area contributed by atoms with Crippen molar-refractivity contribution < 1.29 is 9.53 Å². The standard InChI is InChI=1S/C27H33N3O2/c1-3-4-7-22-18-24-23-8-5-6-9-25(23)28-26(24)27(30(22)19(2)31)20-10-12-21(13-11-20)29-14-16-32-17-15-29/h5-6,8-13,22,27-28H,3-4,7,14-18H2,1-2H3/t22-,27-/m0/s1. The van der Waals surface area contributed by atoms with E-state index in [1.165, 1.54) is 27.9 Å². The van der Waals surface area contributed by atoms with Crippen molar-refractivity contribution in [3.05, 3.63) is 65.4 Å². The first-order valence-electron chi connectivity index (χ1n) is 12.0. The molecular formula is C27H33N3O2. The minimum Gasteiger partial charge on any atom is -0.378 e. The third-order valence-corrected chi connectivity index (χ3v) is 7.07. The van der Waals surface area contributed by atoms with Gasteiger partial charge >= 0.3 is 0 Å². The second-order valence-electron chi connectivity index (χ2n) is 9.08. The van der Waals surface area contributed by atoms with Gasteiger partial charge in [0.25, 0.3) is 0 Å². The molecule has 2 atom stereocenters. The fourth-order valence-corrected chi connectivity index (χ4v) is 5.49. The first-order valence-corrected chi connectivity index (χ1v) is 12.0. The zero-order valence-electron chi connectivity index (χ0n) is 19.1. The van der Waals surface area contributed by atoms with Crippen LogP contribution in [0.15, 0.2) is 48.5 Å². The first-order chi connectivity index (χ1) is 15.7. The van der Waals surface area contributed by atoms with Crippen LogP contribution in [-0.4, -0.2) is 48.1 Å². The number of nitrogens with one attached hydrogen (secondary N) is 1. The van der Waals surface area contributed by atoms with E-state index < -0.39 is 0 Å². The van der Waals surface area contributed by atoms with Crippen molar-refractivity contribution in [3.8, 4) is 0 Å². The number of hydrogen-bond acceptors (Lipinski definition) is 3. The second kappa shape index (κ2) is 8.99. The number of aromatic amines is 1. The molecule has 3 aromatic rings. The summed E-state index contributed by atoms with van der Waals surface area (Å²) in [5, 5.41) is 1.29. The molecule has 1 fully saturated rings. The van der Waals surface area contributed by atoms with E-state index in [0.717, 1.165) is 57.5 Å². The smallest absolute Gasteiger partial charge is 0.220 e. The van der Waals surface area contributed by atoms with Crippen molar-refractivity contribution in [3.63, 3.8) is 0 Å². The zero-order chi connectivity index (χ0) is 22.1. The van der Waals surface area contributed by atoms with Gasteiger partial charge in [0.2, 0.25) is 5.91 Å². The van der Waals surface area contributed by atoms with Crippen molar-refractivity contribution in [2.24, 2.45) is 0 Å². The average molecular weight is 432 g/mol. The van der Waals surface area contributed by atoms with Gasteiger partial charge in [0.15, 0.2) is 0 Å². The summed E-state index contributed by atoms with van der Waals surface area (Å²) < 4.78 is 5.50. The Morgan fingerprint density at radius 3 is 2.56 bits per heavy atom. The zero-order valence-corrected chi connectivity index (χ0v) is 19.1. The highest BCUT2D eigenvalue weighted by molar-refractivity contribution is 5.86. The number of benzene rings is 2. The number of carbonyl (C=O) groups is 1. The summed E-state index contributed by atoms with van der Waals surface area (Å²) in [7, 11) is 0. The Morgan fingerprint density at radius 1 is 1.09 bits per heavy atom. The van der Waals surface area contributed by atoms with Crippen molar-refractivity contribution in [1.82, 2.24) is 9.88 Å². The number of aromatic nitrogens is 1. The molecule has 0 spiro atoms. The number of fused-ring (bicyclic) bond motifs is 3. The summed E-state index contributed by atoms with van der Waals surface area (Å²) in [6.45, 7) is 7.35. The van der Waals surface area contributed by atoms with Gasteiger partial charge in [0.05, 0.1) is 19.3 Å². The van der Waals surface area contributed by atoms with Crippen molar-refractivity contribution in [2.75, 3.05) is 31.2 Å². The van der Waals surface area contributed by atoms with E-state index in [9.17, 15) is 4.79 Å². The molecule has 2 aliphatic heterocycles. The molecule has 5 heteroatoms. The molecule has 1 saturated heterocycles. The predicted molar refractivity (Wildman–Crippen MR) is 129 cm³/mol. The van der Waals surface area contributed by atoms with Crippen LogP contribution < -0.4 is 4.90 Å². The number of amides is 1. The minimum atomic E-state index is -0.0794. The van der Waals surface area contributed by atoms with Gasteiger partial charge in [-0.25, -0.2) is 0 Å². The highest BCUT2D eigenvalue weighted by atomic mass is 16.5. The van der Waals surface area contributed by atoms with E-state index in [0.29, 0.717) is 0 Å². The maximum atomic E-state index is 13.0. The Morgan fingerprint density at radius 2 is 1.84 bits per heavy atom. The maximum Gasteiger partial charge on any atom is 0.220 e. The maximum absolute atomic E-state index is 13.0. The van der Waals surface area contributed by atoms with E-state index >= 15 is 0 Å². The lowest BCUT2D eigenvalue weighted by Gasteiger charge is -2.42. The van der Waals surface area contributed by atoms with Crippen molar-refractivity contribution in [2.45, 2.75) is 51.6 Å². The predicted octanol–water partition coefficient (Wildman–Crippen LogP) is 5.06. The Kier molecular flexibility index (Phi) is 5.92. The largest absolute Gasteiger partial charge is 0.378 e. The summed E-state index contributed by atoms with van der Waals surface area (Å²) in [4.78, 5) is 21.2. The first kappa shape index (κ1) is 21.1. The van der Waals surface area contributed by atoms with Gasteiger partial charge in [-0.2, -0.15) is 0 Å². The molecule has 1 amide bonds. The molecule has 168 valence electrons. The summed E-state index contributed by atoms with van der Waals surface area (Å²) in [5.74, 6) is 0.151. The van der Waals surface area contributed by atoms with Crippen molar-refractivity contribution >= 4 is 22.5 Å². The molecule has 0 radical (unpaired) electrons. The number of ether oxygens (including phenoxy) is 1. The molecule has 0 aliphatic carbocycles. The molecule has 5 rings (SSSR count). The average Bonchev–Trinajstić information content (AvgIpc) is 3.20. The van der Waals surface area contributed by atoms with E-state index in [4.69, 9.17) is 4.74 Å². The third-order valence-electron chi connectivity index (χ3n) is 7.07. The lowest BCUT2D eigenvalue weighted by Crippen LogP contribution is -2.46. The molecule has 3 heterocycles. The number of carbonyl (C=O) groups excluding carboxylic acids is 1.